The Hall–Kier alpha value is -0.890. The third-order valence-electron chi connectivity index (χ3n) is 12.3. The molecule has 5 aliphatic heterocycles. The van der Waals surface area contributed by atoms with E-state index in [1.807, 2.05) is 0 Å². The van der Waals surface area contributed by atoms with Gasteiger partial charge in [-0.15, -0.1) is 0 Å². The number of hydrazine groups is 1. The molecule has 0 radical (unpaired) electrons. The molecule has 6 fully saturated rings. The SMILES string of the molecule is CCC1CNCCC1CNC(=O)C1CCCC(NCC2NNC(C3CCNCN3)N2CCN2CCC(N3CCCCC3)CC2)C1. The molecule has 0 spiro atoms. The van der Waals surface area contributed by atoms with Crippen molar-refractivity contribution in [2.75, 3.05) is 78.7 Å². The molecule has 1 amide bonds. The van der Waals surface area contributed by atoms with Crippen molar-refractivity contribution < 1.29 is 4.79 Å². The van der Waals surface area contributed by atoms with Gasteiger partial charge in [0.15, 0.2) is 0 Å². The van der Waals surface area contributed by atoms with Crippen molar-refractivity contribution in [2.45, 2.75) is 114 Å². The maximum absolute atomic E-state index is 13.3. The Kier molecular flexibility index (Phi) is 13.2. The first-order valence-corrected chi connectivity index (χ1v) is 19.1. The summed E-state index contributed by atoms with van der Waals surface area (Å²) in [5, 5.41) is 18.0. The quantitative estimate of drug-likeness (QED) is 0.167. The highest BCUT2D eigenvalue weighted by atomic mass is 16.1. The maximum Gasteiger partial charge on any atom is 0.223 e. The molecule has 1 saturated carbocycles. The van der Waals surface area contributed by atoms with Crippen LogP contribution in [0.4, 0.5) is 0 Å². The summed E-state index contributed by atoms with van der Waals surface area (Å²) in [6.07, 6.45) is 15.2. The van der Waals surface area contributed by atoms with Crippen LogP contribution in [0.1, 0.15) is 84.0 Å². The molecule has 6 aliphatic rings. The number of hydrogen-bond acceptors (Lipinski definition) is 10. The summed E-state index contributed by atoms with van der Waals surface area (Å²) in [5.41, 5.74) is 7.36. The Morgan fingerprint density at radius 2 is 1.67 bits per heavy atom. The summed E-state index contributed by atoms with van der Waals surface area (Å²) < 4.78 is 0. The molecule has 0 aromatic heterocycles. The van der Waals surface area contributed by atoms with Gasteiger partial charge in [-0.25, -0.2) is 10.9 Å². The van der Waals surface area contributed by atoms with Crippen molar-refractivity contribution >= 4 is 5.91 Å². The van der Waals surface area contributed by atoms with E-state index in [9.17, 15) is 4.79 Å². The van der Waals surface area contributed by atoms with Crippen LogP contribution in [-0.2, 0) is 4.79 Å². The third kappa shape index (κ3) is 9.38. The Morgan fingerprint density at radius 3 is 2.47 bits per heavy atom. The smallest absolute Gasteiger partial charge is 0.223 e. The molecule has 6 rings (SSSR count). The van der Waals surface area contributed by atoms with Crippen LogP contribution >= 0.6 is 0 Å². The molecule has 7 unspecified atom stereocenters. The van der Waals surface area contributed by atoms with Gasteiger partial charge in [0.1, 0.15) is 0 Å². The largest absolute Gasteiger partial charge is 0.356 e. The molecule has 0 aromatic rings. The molecule has 5 saturated heterocycles. The van der Waals surface area contributed by atoms with E-state index in [1.165, 1.54) is 77.5 Å². The summed E-state index contributed by atoms with van der Waals surface area (Å²) >= 11 is 0. The van der Waals surface area contributed by atoms with E-state index in [1.54, 1.807) is 0 Å². The van der Waals surface area contributed by atoms with Gasteiger partial charge in [0.2, 0.25) is 5.91 Å². The lowest BCUT2D eigenvalue weighted by molar-refractivity contribution is -0.126. The number of hydrogen-bond donors (Lipinski definition) is 7. The van der Waals surface area contributed by atoms with Crippen molar-refractivity contribution in [3.63, 3.8) is 0 Å². The molecule has 11 heteroatoms. The van der Waals surface area contributed by atoms with Crippen molar-refractivity contribution in [3.8, 4) is 0 Å². The van der Waals surface area contributed by atoms with E-state index in [4.69, 9.17) is 0 Å². The highest BCUT2D eigenvalue weighted by Crippen LogP contribution is 2.27. The van der Waals surface area contributed by atoms with Gasteiger partial charge < -0.3 is 31.1 Å². The van der Waals surface area contributed by atoms with Crippen molar-refractivity contribution in [2.24, 2.45) is 17.8 Å². The maximum atomic E-state index is 13.3. The average molecular weight is 631 g/mol. The summed E-state index contributed by atoms with van der Waals surface area (Å²) in [5.74, 6) is 1.74. The number of likely N-dealkylation sites (tertiary alicyclic amines) is 2. The zero-order valence-electron chi connectivity index (χ0n) is 28.3. The third-order valence-corrected chi connectivity index (χ3v) is 12.3. The summed E-state index contributed by atoms with van der Waals surface area (Å²) in [6.45, 7) is 15.5. The van der Waals surface area contributed by atoms with Crippen LogP contribution in [0, 0.1) is 17.8 Å². The second-order valence-electron chi connectivity index (χ2n) is 15.1. The Labute approximate surface area is 273 Å². The number of amides is 1. The van der Waals surface area contributed by atoms with Gasteiger partial charge in [-0.05, 0) is 115 Å². The molecule has 7 N–H and O–H groups in total. The van der Waals surface area contributed by atoms with Gasteiger partial charge in [-0.1, -0.05) is 26.2 Å². The fraction of sp³-hybridized carbons (Fsp3) is 0.971. The van der Waals surface area contributed by atoms with Gasteiger partial charge in [0.05, 0.1) is 12.3 Å². The number of nitrogens with zero attached hydrogens (tertiary/aromatic N) is 3. The summed E-state index contributed by atoms with van der Waals surface area (Å²) in [6, 6.07) is 1.65. The highest BCUT2D eigenvalue weighted by Gasteiger charge is 2.39. The highest BCUT2D eigenvalue weighted by molar-refractivity contribution is 5.78. The van der Waals surface area contributed by atoms with Crippen LogP contribution in [-0.4, -0.2) is 130 Å². The summed E-state index contributed by atoms with van der Waals surface area (Å²) in [4.78, 5) is 21.4. The Balaban J connectivity index is 0.971. The van der Waals surface area contributed by atoms with E-state index in [2.05, 4.69) is 59.1 Å². The standard InChI is InChI=1S/C34H66N10O/c1-2-26-22-35-13-9-28(26)23-38-34(45)27-7-6-8-29(21-27)37-24-32-40-41-33(31-10-14-36-25-39-31)44(32)20-19-42-17-11-30(12-18-42)43-15-4-3-5-16-43/h26-33,35-37,39-41H,2-25H2,1H3,(H,38,45). The van der Waals surface area contributed by atoms with Gasteiger partial charge >= 0.3 is 0 Å². The molecular formula is C34H66N10O. The lowest BCUT2D eigenvalue weighted by Gasteiger charge is -2.41. The number of nitrogens with one attached hydrogen (secondary N) is 7. The normalized spacial score (nSPS) is 36.7. The van der Waals surface area contributed by atoms with Crippen LogP contribution in [0.15, 0.2) is 0 Å². The molecule has 7 atom stereocenters. The minimum atomic E-state index is 0.142. The van der Waals surface area contributed by atoms with Crippen LogP contribution < -0.4 is 37.4 Å². The molecular weight excluding hydrogens is 564 g/mol. The van der Waals surface area contributed by atoms with E-state index < -0.39 is 0 Å². The van der Waals surface area contributed by atoms with Gasteiger partial charge in [-0.2, -0.15) is 0 Å². The zero-order valence-corrected chi connectivity index (χ0v) is 28.3. The predicted molar refractivity (Wildman–Crippen MR) is 181 cm³/mol. The fourth-order valence-electron chi connectivity index (χ4n) is 9.30. The molecule has 258 valence electrons. The number of carbonyl (C=O) groups excluding carboxylic acids is 1. The molecule has 0 bridgehead atoms. The van der Waals surface area contributed by atoms with Crippen molar-refractivity contribution in [1.29, 1.82) is 0 Å². The van der Waals surface area contributed by atoms with Crippen LogP contribution in [0.3, 0.4) is 0 Å². The topological polar surface area (TPSA) is 111 Å². The number of carbonyl (C=O) groups is 1. The van der Waals surface area contributed by atoms with Gasteiger partial charge in [-0.3, -0.25) is 15.0 Å². The van der Waals surface area contributed by atoms with Gasteiger partial charge in [0.25, 0.3) is 0 Å². The molecule has 1 aliphatic carbocycles. The van der Waals surface area contributed by atoms with Crippen LogP contribution in [0.2, 0.25) is 0 Å². The lowest BCUT2D eigenvalue weighted by Crippen LogP contribution is -2.60. The van der Waals surface area contributed by atoms with Gasteiger partial charge in [0, 0.05) is 56.9 Å². The second-order valence-corrected chi connectivity index (χ2v) is 15.1. The second kappa shape index (κ2) is 17.5. The van der Waals surface area contributed by atoms with E-state index in [0.717, 1.165) is 84.2 Å². The summed E-state index contributed by atoms with van der Waals surface area (Å²) in [7, 11) is 0. The fourth-order valence-corrected chi connectivity index (χ4v) is 9.30. The molecule has 0 aromatic carbocycles. The van der Waals surface area contributed by atoms with E-state index in [0.29, 0.717) is 29.8 Å². The molecule has 45 heavy (non-hydrogen) atoms. The van der Waals surface area contributed by atoms with Crippen molar-refractivity contribution in [1.82, 2.24) is 52.1 Å². The molecule has 5 heterocycles. The first kappa shape index (κ1) is 34.0. The average Bonchev–Trinajstić information content (AvgIpc) is 3.52. The number of rotatable bonds is 12. The monoisotopic (exact) mass is 631 g/mol. The first-order chi connectivity index (χ1) is 22.2. The minimum Gasteiger partial charge on any atom is -0.356 e. The zero-order chi connectivity index (χ0) is 30.8. The molecule has 11 nitrogen and oxygen atoms in total. The van der Waals surface area contributed by atoms with E-state index in [-0.39, 0.29) is 18.2 Å². The Morgan fingerprint density at radius 1 is 0.822 bits per heavy atom. The minimum absolute atomic E-state index is 0.142. The lowest BCUT2D eigenvalue weighted by atomic mass is 9.83. The van der Waals surface area contributed by atoms with Crippen LogP contribution in [0.5, 0.6) is 0 Å². The Bertz CT molecular complexity index is 875. The van der Waals surface area contributed by atoms with Crippen molar-refractivity contribution in [3.05, 3.63) is 0 Å². The van der Waals surface area contributed by atoms with E-state index >= 15 is 0 Å². The number of piperidine rings is 3. The predicted octanol–water partition coefficient (Wildman–Crippen LogP) is 0.808. The van der Waals surface area contributed by atoms with Crippen LogP contribution in [0.25, 0.3) is 0 Å². The first-order valence-electron chi connectivity index (χ1n) is 19.1.